The predicted molar refractivity (Wildman–Crippen MR) is 77.5 cm³/mol. The van der Waals surface area contributed by atoms with Gasteiger partial charge >= 0.3 is 0 Å². The van der Waals surface area contributed by atoms with Crippen LogP contribution in [0.25, 0.3) is 0 Å². The number of rotatable bonds is 3. The smallest absolute Gasteiger partial charge is 0.269 e. The van der Waals surface area contributed by atoms with Crippen LogP contribution in [0, 0.1) is 15.5 Å². The highest BCUT2D eigenvalue weighted by Crippen LogP contribution is 2.39. The van der Waals surface area contributed by atoms with Gasteiger partial charge in [-0.3, -0.25) is 15.0 Å². The van der Waals surface area contributed by atoms with Crippen molar-refractivity contribution in [1.82, 2.24) is 10.2 Å². The molecule has 5 heteroatoms. The summed E-state index contributed by atoms with van der Waals surface area (Å²) in [6.45, 7) is 5.34. The van der Waals surface area contributed by atoms with Crippen molar-refractivity contribution in [2.45, 2.75) is 25.8 Å². The lowest BCUT2D eigenvalue weighted by Crippen LogP contribution is -2.38. The molecule has 0 unspecified atom stereocenters. The zero-order valence-electron chi connectivity index (χ0n) is 11.7. The number of nitro benzene ring substituents is 1. The summed E-state index contributed by atoms with van der Waals surface area (Å²) in [5, 5.41) is 14.2. The SMILES string of the molecule is O=[N+]([O-])c1cccc(CN2CCC3(CCNCC3)C2)c1. The maximum Gasteiger partial charge on any atom is 0.269 e. The summed E-state index contributed by atoms with van der Waals surface area (Å²) >= 11 is 0. The molecule has 20 heavy (non-hydrogen) atoms. The van der Waals surface area contributed by atoms with Crippen molar-refractivity contribution in [3.63, 3.8) is 0 Å². The van der Waals surface area contributed by atoms with Crippen molar-refractivity contribution in [3.8, 4) is 0 Å². The van der Waals surface area contributed by atoms with E-state index in [4.69, 9.17) is 0 Å². The molecular weight excluding hydrogens is 254 g/mol. The Morgan fingerprint density at radius 3 is 2.85 bits per heavy atom. The molecule has 0 bridgehead atoms. The van der Waals surface area contributed by atoms with Crippen LogP contribution in [0.5, 0.6) is 0 Å². The molecule has 3 rings (SSSR count). The van der Waals surface area contributed by atoms with E-state index in [1.54, 1.807) is 18.2 Å². The summed E-state index contributed by atoms with van der Waals surface area (Å²) in [7, 11) is 0. The number of hydrogen-bond donors (Lipinski definition) is 1. The molecule has 0 amide bonds. The van der Waals surface area contributed by atoms with Gasteiger partial charge in [0, 0.05) is 25.2 Å². The molecule has 1 spiro atoms. The Hall–Kier alpha value is -1.46. The van der Waals surface area contributed by atoms with Gasteiger partial charge in [0.15, 0.2) is 0 Å². The monoisotopic (exact) mass is 275 g/mol. The van der Waals surface area contributed by atoms with E-state index in [9.17, 15) is 10.1 Å². The van der Waals surface area contributed by atoms with E-state index in [2.05, 4.69) is 10.2 Å². The first-order valence-electron chi connectivity index (χ1n) is 7.33. The summed E-state index contributed by atoms with van der Waals surface area (Å²) in [6.07, 6.45) is 3.79. The van der Waals surface area contributed by atoms with Crippen LogP contribution >= 0.6 is 0 Å². The van der Waals surface area contributed by atoms with Crippen LogP contribution < -0.4 is 5.32 Å². The van der Waals surface area contributed by atoms with Crippen LogP contribution in [-0.2, 0) is 6.54 Å². The fourth-order valence-electron chi connectivity index (χ4n) is 3.55. The summed E-state index contributed by atoms with van der Waals surface area (Å²) < 4.78 is 0. The van der Waals surface area contributed by atoms with Crippen molar-refractivity contribution in [2.24, 2.45) is 5.41 Å². The Morgan fingerprint density at radius 2 is 2.10 bits per heavy atom. The van der Waals surface area contributed by atoms with Crippen molar-refractivity contribution < 1.29 is 4.92 Å². The molecule has 0 atom stereocenters. The molecular formula is C15H21N3O2. The molecule has 0 aromatic heterocycles. The van der Waals surface area contributed by atoms with Crippen LogP contribution in [0.1, 0.15) is 24.8 Å². The van der Waals surface area contributed by atoms with Gasteiger partial charge in [-0.25, -0.2) is 0 Å². The van der Waals surface area contributed by atoms with Gasteiger partial charge in [0.25, 0.3) is 5.69 Å². The first kappa shape index (κ1) is 13.5. The van der Waals surface area contributed by atoms with Gasteiger partial charge in [0.1, 0.15) is 0 Å². The standard InChI is InChI=1S/C15H21N3O2/c19-18(20)14-3-1-2-13(10-14)11-17-9-6-15(12-17)4-7-16-8-5-15/h1-3,10,16H,4-9,11-12H2. The third kappa shape index (κ3) is 2.83. The fourth-order valence-corrected chi connectivity index (χ4v) is 3.55. The second-order valence-electron chi connectivity index (χ2n) is 6.14. The minimum absolute atomic E-state index is 0.193. The van der Waals surface area contributed by atoms with E-state index in [-0.39, 0.29) is 10.6 Å². The predicted octanol–water partition coefficient (Wildman–Crippen LogP) is 2.17. The van der Waals surface area contributed by atoms with E-state index in [1.807, 2.05) is 6.07 Å². The van der Waals surface area contributed by atoms with Gasteiger partial charge in [-0.2, -0.15) is 0 Å². The van der Waals surface area contributed by atoms with Gasteiger partial charge in [-0.1, -0.05) is 12.1 Å². The zero-order valence-corrected chi connectivity index (χ0v) is 11.7. The second-order valence-corrected chi connectivity index (χ2v) is 6.14. The molecule has 0 saturated carbocycles. The molecule has 0 aliphatic carbocycles. The molecule has 5 nitrogen and oxygen atoms in total. The number of nitro groups is 1. The average Bonchev–Trinajstić information content (AvgIpc) is 2.82. The third-order valence-electron chi connectivity index (χ3n) is 4.71. The number of nitrogens with one attached hydrogen (secondary N) is 1. The lowest BCUT2D eigenvalue weighted by molar-refractivity contribution is -0.384. The summed E-state index contributed by atoms with van der Waals surface area (Å²) in [4.78, 5) is 12.9. The molecule has 2 saturated heterocycles. The number of benzene rings is 1. The van der Waals surface area contributed by atoms with Crippen LogP contribution in [0.15, 0.2) is 24.3 Å². The van der Waals surface area contributed by atoms with E-state index >= 15 is 0 Å². The minimum atomic E-state index is -0.318. The molecule has 1 N–H and O–H groups in total. The number of likely N-dealkylation sites (tertiary alicyclic amines) is 1. The minimum Gasteiger partial charge on any atom is -0.317 e. The van der Waals surface area contributed by atoms with Gasteiger partial charge in [-0.15, -0.1) is 0 Å². The number of hydrogen-bond acceptors (Lipinski definition) is 4. The lowest BCUT2D eigenvalue weighted by Gasteiger charge is -2.33. The largest absolute Gasteiger partial charge is 0.317 e. The second kappa shape index (κ2) is 5.50. The Morgan fingerprint density at radius 1 is 1.30 bits per heavy atom. The first-order valence-corrected chi connectivity index (χ1v) is 7.33. The highest BCUT2D eigenvalue weighted by atomic mass is 16.6. The van der Waals surface area contributed by atoms with Gasteiger partial charge < -0.3 is 5.32 Å². The third-order valence-corrected chi connectivity index (χ3v) is 4.71. The first-order chi connectivity index (χ1) is 9.67. The Labute approximate surface area is 119 Å². The zero-order chi connectivity index (χ0) is 14.0. The maximum absolute atomic E-state index is 10.8. The van der Waals surface area contributed by atoms with E-state index < -0.39 is 0 Å². The Kier molecular flexibility index (Phi) is 3.72. The van der Waals surface area contributed by atoms with Crippen LogP contribution in [-0.4, -0.2) is 36.0 Å². The lowest BCUT2D eigenvalue weighted by atomic mass is 9.78. The van der Waals surface area contributed by atoms with E-state index in [0.717, 1.165) is 38.3 Å². The van der Waals surface area contributed by atoms with Crippen molar-refractivity contribution in [3.05, 3.63) is 39.9 Å². The number of non-ortho nitro benzene ring substituents is 1. The van der Waals surface area contributed by atoms with Crippen LogP contribution in [0.2, 0.25) is 0 Å². The van der Waals surface area contributed by atoms with Gasteiger partial charge in [0.2, 0.25) is 0 Å². The van der Waals surface area contributed by atoms with Gasteiger partial charge in [-0.05, 0) is 49.9 Å². The topological polar surface area (TPSA) is 58.4 Å². The van der Waals surface area contributed by atoms with Gasteiger partial charge in [0.05, 0.1) is 4.92 Å². The molecule has 108 valence electrons. The van der Waals surface area contributed by atoms with Crippen LogP contribution in [0.3, 0.4) is 0 Å². The van der Waals surface area contributed by atoms with Crippen molar-refractivity contribution >= 4 is 5.69 Å². The number of nitrogens with zero attached hydrogens (tertiary/aromatic N) is 2. The Balaban J connectivity index is 1.64. The van der Waals surface area contributed by atoms with E-state index in [0.29, 0.717) is 5.41 Å². The molecule has 0 radical (unpaired) electrons. The summed E-state index contributed by atoms with van der Waals surface area (Å²) in [5.74, 6) is 0. The average molecular weight is 275 g/mol. The van der Waals surface area contributed by atoms with Crippen LogP contribution in [0.4, 0.5) is 5.69 Å². The molecule has 2 aliphatic heterocycles. The normalized spacial score (nSPS) is 22.2. The fraction of sp³-hybridized carbons (Fsp3) is 0.600. The van der Waals surface area contributed by atoms with Crippen molar-refractivity contribution in [1.29, 1.82) is 0 Å². The maximum atomic E-state index is 10.8. The number of piperidine rings is 1. The Bertz CT molecular complexity index is 498. The highest BCUT2D eigenvalue weighted by molar-refractivity contribution is 5.34. The summed E-state index contributed by atoms with van der Waals surface area (Å²) in [6, 6.07) is 7.03. The molecule has 2 fully saturated rings. The molecule has 1 aromatic rings. The van der Waals surface area contributed by atoms with Crippen molar-refractivity contribution in [2.75, 3.05) is 26.2 Å². The quantitative estimate of drug-likeness (QED) is 0.678. The highest BCUT2D eigenvalue weighted by Gasteiger charge is 2.38. The molecule has 2 aliphatic rings. The molecule has 1 aromatic carbocycles. The molecule has 2 heterocycles. The summed E-state index contributed by atoms with van der Waals surface area (Å²) in [5.41, 5.74) is 1.73. The van der Waals surface area contributed by atoms with E-state index in [1.165, 1.54) is 19.3 Å².